The molecule has 0 aromatic heterocycles. The minimum Gasteiger partial charge on any atom is -0.343 e. The monoisotopic (exact) mass is 406 g/mol. The molecule has 0 saturated heterocycles. The van der Waals surface area contributed by atoms with Crippen LogP contribution in [0.5, 0.6) is 0 Å². The molecule has 0 atom stereocenters. The molecular weight excluding hydrogens is 393 g/mol. The number of carbonyl (C=O) groups is 1. The molecule has 10 heteroatoms. The molecule has 2 aromatic rings. The molecule has 0 saturated carbocycles. The molecule has 2 rings (SSSR count). The van der Waals surface area contributed by atoms with Gasteiger partial charge in [0.1, 0.15) is 6.54 Å². The number of benzene rings is 2. The molecule has 5 nitrogen and oxygen atoms in total. The molecule has 0 radical (unpaired) electrons. The van der Waals surface area contributed by atoms with Crippen molar-refractivity contribution in [2.45, 2.75) is 18.0 Å². The lowest BCUT2D eigenvalue weighted by Crippen LogP contribution is -2.33. The zero-order chi connectivity index (χ0) is 19.5. The van der Waals surface area contributed by atoms with Crippen LogP contribution < -0.4 is 10.0 Å². The van der Waals surface area contributed by atoms with Crippen molar-refractivity contribution in [1.29, 1.82) is 0 Å². The SMILES string of the molecule is Cc1ccc(NS(=O)(=O)c2cccc(C(=O)NCC(F)(F)F)c2)c(Cl)c1. The van der Waals surface area contributed by atoms with Crippen molar-refractivity contribution in [2.75, 3.05) is 11.3 Å². The van der Waals surface area contributed by atoms with E-state index in [1.54, 1.807) is 24.4 Å². The molecule has 0 spiro atoms. The summed E-state index contributed by atoms with van der Waals surface area (Å²) in [5.41, 5.74) is 0.762. The number of carbonyl (C=O) groups excluding carboxylic acids is 1. The molecule has 0 fully saturated rings. The van der Waals surface area contributed by atoms with Crippen molar-refractivity contribution < 1.29 is 26.4 Å². The summed E-state index contributed by atoms with van der Waals surface area (Å²) in [6, 6.07) is 9.37. The van der Waals surface area contributed by atoms with Crippen molar-refractivity contribution >= 4 is 33.2 Å². The standard InChI is InChI=1S/C16H14ClF3N2O3S/c1-10-5-6-14(13(17)7-10)22-26(24,25)12-4-2-3-11(8-12)15(23)21-9-16(18,19)20/h2-8,22H,9H2,1H3,(H,21,23). The average molecular weight is 407 g/mol. The van der Waals surface area contributed by atoms with Gasteiger partial charge < -0.3 is 5.32 Å². The van der Waals surface area contributed by atoms with E-state index in [0.29, 0.717) is 0 Å². The maximum absolute atomic E-state index is 12.4. The Morgan fingerprint density at radius 1 is 1.15 bits per heavy atom. The van der Waals surface area contributed by atoms with Crippen molar-refractivity contribution in [1.82, 2.24) is 5.32 Å². The molecule has 0 aliphatic carbocycles. The molecule has 2 aromatic carbocycles. The first-order valence-electron chi connectivity index (χ1n) is 7.22. The van der Waals surface area contributed by atoms with Gasteiger partial charge in [-0.15, -0.1) is 0 Å². The molecule has 0 unspecified atom stereocenters. The van der Waals surface area contributed by atoms with Crippen molar-refractivity contribution in [3.8, 4) is 0 Å². The fourth-order valence-electron chi connectivity index (χ4n) is 1.99. The zero-order valence-electron chi connectivity index (χ0n) is 13.4. The summed E-state index contributed by atoms with van der Waals surface area (Å²) in [7, 11) is -4.08. The Morgan fingerprint density at radius 3 is 2.46 bits per heavy atom. The fourth-order valence-corrected chi connectivity index (χ4v) is 3.46. The summed E-state index contributed by atoms with van der Waals surface area (Å²) >= 11 is 5.99. The van der Waals surface area contributed by atoms with E-state index in [-0.39, 0.29) is 21.2 Å². The Hall–Kier alpha value is -2.26. The second-order valence-corrected chi connectivity index (χ2v) is 7.50. The third-order valence-electron chi connectivity index (χ3n) is 3.22. The molecular formula is C16H14ClF3N2O3S. The third-order valence-corrected chi connectivity index (χ3v) is 4.90. The highest BCUT2D eigenvalue weighted by molar-refractivity contribution is 7.92. The quantitative estimate of drug-likeness (QED) is 0.794. The number of anilines is 1. The van der Waals surface area contributed by atoms with Gasteiger partial charge in [-0.05, 0) is 42.8 Å². The Kier molecular flexibility index (Phi) is 5.82. The summed E-state index contributed by atoms with van der Waals surface area (Å²) in [6.07, 6.45) is -4.57. The van der Waals surface area contributed by atoms with Gasteiger partial charge in [-0.1, -0.05) is 23.7 Å². The molecule has 0 aliphatic rings. The van der Waals surface area contributed by atoms with Gasteiger partial charge in [-0.2, -0.15) is 13.2 Å². The molecule has 0 bridgehead atoms. The summed E-state index contributed by atoms with van der Waals surface area (Å²) in [6.45, 7) is 0.271. The van der Waals surface area contributed by atoms with Crippen LogP contribution in [0.3, 0.4) is 0 Å². The van der Waals surface area contributed by atoms with Crippen molar-refractivity contribution in [3.05, 3.63) is 58.6 Å². The molecule has 26 heavy (non-hydrogen) atoms. The van der Waals surface area contributed by atoms with Gasteiger partial charge in [0.2, 0.25) is 0 Å². The van der Waals surface area contributed by atoms with Gasteiger partial charge in [0.15, 0.2) is 0 Å². The first-order valence-corrected chi connectivity index (χ1v) is 9.08. The number of alkyl halides is 3. The normalized spacial score (nSPS) is 11.9. The van der Waals surface area contributed by atoms with E-state index in [0.717, 1.165) is 11.6 Å². The largest absolute Gasteiger partial charge is 0.405 e. The molecule has 0 heterocycles. The average Bonchev–Trinajstić information content (AvgIpc) is 2.54. The summed E-state index contributed by atoms with van der Waals surface area (Å²) in [5.74, 6) is -1.03. The maximum atomic E-state index is 12.4. The number of sulfonamides is 1. The van der Waals surface area contributed by atoms with Gasteiger partial charge in [-0.25, -0.2) is 8.42 Å². The molecule has 1 amide bonds. The van der Waals surface area contributed by atoms with Gasteiger partial charge in [0.05, 0.1) is 15.6 Å². The first kappa shape index (κ1) is 20.1. The highest BCUT2D eigenvalue weighted by Crippen LogP contribution is 2.26. The van der Waals surface area contributed by atoms with Crippen LogP contribution in [0.25, 0.3) is 0 Å². The molecule has 140 valence electrons. The van der Waals surface area contributed by atoms with E-state index in [2.05, 4.69) is 4.72 Å². The van der Waals surface area contributed by atoms with Gasteiger partial charge in [0, 0.05) is 5.56 Å². The summed E-state index contributed by atoms with van der Waals surface area (Å²) < 4.78 is 63.7. The lowest BCUT2D eigenvalue weighted by atomic mass is 10.2. The predicted octanol–water partition coefficient (Wildman–Crippen LogP) is 3.74. The number of rotatable bonds is 5. The molecule has 0 aliphatic heterocycles. The van der Waals surface area contributed by atoms with E-state index in [1.165, 1.54) is 24.3 Å². The molecule has 2 N–H and O–H groups in total. The lowest BCUT2D eigenvalue weighted by molar-refractivity contribution is -0.123. The van der Waals surface area contributed by atoms with Crippen molar-refractivity contribution in [2.24, 2.45) is 0 Å². The van der Waals surface area contributed by atoms with Gasteiger partial charge in [-0.3, -0.25) is 9.52 Å². The minimum atomic E-state index is -4.57. The number of hydrogen-bond acceptors (Lipinski definition) is 3. The lowest BCUT2D eigenvalue weighted by Gasteiger charge is -2.12. The minimum absolute atomic E-state index is 0.143. The highest BCUT2D eigenvalue weighted by atomic mass is 35.5. The zero-order valence-corrected chi connectivity index (χ0v) is 15.0. The van der Waals surface area contributed by atoms with Crippen LogP contribution in [0.2, 0.25) is 5.02 Å². The van der Waals surface area contributed by atoms with E-state index in [4.69, 9.17) is 11.6 Å². The smallest absolute Gasteiger partial charge is 0.343 e. The number of aryl methyl sites for hydroxylation is 1. The van der Waals surface area contributed by atoms with E-state index >= 15 is 0 Å². The second-order valence-electron chi connectivity index (χ2n) is 5.41. The maximum Gasteiger partial charge on any atom is 0.405 e. The van der Waals surface area contributed by atoms with Crippen LogP contribution >= 0.6 is 11.6 Å². The van der Waals surface area contributed by atoms with E-state index in [1.807, 2.05) is 0 Å². The van der Waals surface area contributed by atoms with Crippen molar-refractivity contribution in [3.63, 3.8) is 0 Å². The Bertz CT molecular complexity index is 931. The predicted molar refractivity (Wildman–Crippen MR) is 91.8 cm³/mol. The van der Waals surface area contributed by atoms with Gasteiger partial charge in [0.25, 0.3) is 15.9 Å². The number of halogens is 4. The van der Waals surface area contributed by atoms with Crippen LogP contribution in [0.4, 0.5) is 18.9 Å². The Balaban J connectivity index is 2.23. The number of hydrogen-bond donors (Lipinski definition) is 2. The number of amides is 1. The first-order chi connectivity index (χ1) is 12.0. The van der Waals surface area contributed by atoms with E-state index in [9.17, 15) is 26.4 Å². The number of nitrogens with one attached hydrogen (secondary N) is 2. The van der Waals surface area contributed by atoms with E-state index < -0.39 is 28.7 Å². The van der Waals surface area contributed by atoms with Crippen LogP contribution in [-0.4, -0.2) is 27.0 Å². The third kappa shape index (κ3) is 5.37. The highest BCUT2D eigenvalue weighted by Gasteiger charge is 2.28. The Labute approximate surface area is 153 Å². The van der Waals surface area contributed by atoms with Crippen LogP contribution in [0.1, 0.15) is 15.9 Å². The summed E-state index contributed by atoms with van der Waals surface area (Å²) in [4.78, 5) is 11.5. The fraction of sp³-hybridized carbons (Fsp3) is 0.188. The van der Waals surface area contributed by atoms with Crippen LogP contribution in [-0.2, 0) is 10.0 Å². The topological polar surface area (TPSA) is 75.3 Å². The van der Waals surface area contributed by atoms with Crippen LogP contribution in [0, 0.1) is 6.92 Å². The summed E-state index contributed by atoms with van der Waals surface area (Å²) in [5, 5.41) is 1.87. The second kappa shape index (κ2) is 7.55. The van der Waals surface area contributed by atoms with Gasteiger partial charge >= 0.3 is 6.18 Å². The Morgan fingerprint density at radius 2 is 1.85 bits per heavy atom. The van der Waals surface area contributed by atoms with Crippen LogP contribution in [0.15, 0.2) is 47.4 Å².